The average Bonchev–Trinajstić information content (AvgIpc) is 2.72. The third-order valence-corrected chi connectivity index (χ3v) is 6.83. The van der Waals surface area contributed by atoms with E-state index >= 15 is 0 Å². The van der Waals surface area contributed by atoms with Crippen LogP contribution in [0.5, 0.6) is 0 Å². The fraction of sp³-hybridized carbons (Fsp3) is 0.480. The third kappa shape index (κ3) is 3.22. The van der Waals surface area contributed by atoms with E-state index in [1.807, 2.05) is 0 Å². The van der Waals surface area contributed by atoms with Gasteiger partial charge in [-0.1, -0.05) is 58.0 Å². The molecule has 0 heterocycles. The highest BCUT2D eigenvalue weighted by molar-refractivity contribution is 5.58. The summed E-state index contributed by atoms with van der Waals surface area (Å²) in [6.45, 7) is 8.78. The number of benzene rings is 1. The Bertz CT molecular complexity index is 970. The molecule has 0 radical (unpaired) electrons. The van der Waals surface area contributed by atoms with Gasteiger partial charge in [0.25, 0.3) is 0 Å². The molecule has 2 aliphatic rings. The topological polar surface area (TPSA) is 97.4 Å². The lowest BCUT2D eigenvalue weighted by atomic mass is 9.55. The van der Waals surface area contributed by atoms with E-state index in [1.165, 1.54) is 5.56 Å². The molecule has 0 bridgehead atoms. The van der Waals surface area contributed by atoms with E-state index in [2.05, 4.69) is 76.2 Å². The molecule has 4 nitrogen and oxygen atoms in total. The second-order valence-electron chi connectivity index (χ2n) is 9.29. The van der Waals surface area contributed by atoms with Crippen LogP contribution in [0.1, 0.15) is 57.6 Å². The fourth-order valence-electron chi connectivity index (χ4n) is 4.89. The summed E-state index contributed by atoms with van der Waals surface area (Å²) in [4.78, 5) is 0. The Hall–Kier alpha value is -3.03. The van der Waals surface area contributed by atoms with Crippen molar-refractivity contribution in [1.29, 1.82) is 15.8 Å². The zero-order valence-corrected chi connectivity index (χ0v) is 17.7. The van der Waals surface area contributed by atoms with Crippen molar-refractivity contribution < 1.29 is 0 Å². The molecule has 0 spiro atoms. The summed E-state index contributed by atoms with van der Waals surface area (Å²) >= 11 is 0. The van der Waals surface area contributed by atoms with Crippen LogP contribution in [-0.4, -0.2) is 0 Å². The number of nitrogens with two attached hydrogens (primary N) is 1. The van der Waals surface area contributed by atoms with Crippen LogP contribution in [0.15, 0.2) is 47.2 Å². The van der Waals surface area contributed by atoms with Gasteiger partial charge in [0.05, 0.1) is 29.5 Å². The molecule has 2 N–H and O–H groups in total. The van der Waals surface area contributed by atoms with E-state index in [0.29, 0.717) is 11.5 Å². The first-order chi connectivity index (χ1) is 13.7. The van der Waals surface area contributed by atoms with E-state index in [9.17, 15) is 15.8 Å². The first kappa shape index (κ1) is 20.7. The van der Waals surface area contributed by atoms with Crippen molar-refractivity contribution >= 4 is 0 Å². The maximum absolute atomic E-state index is 10.0. The van der Waals surface area contributed by atoms with Gasteiger partial charge < -0.3 is 5.73 Å². The first-order valence-corrected chi connectivity index (χ1v) is 10.3. The van der Waals surface area contributed by atoms with Crippen LogP contribution >= 0.6 is 0 Å². The van der Waals surface area contributed by atoms with Crippen molar-refractivity contribution in [3.63, 3.8) is 0 Å². The minimum Gasteiger partial charge on any atom is -0.399 e. The molecule has 4 heteroatoms. The summed E-state index contributed by atoms with van der Waals surface area (Å²) in [6.07, 6.45) is 4.65. The van der Waals surface area contributed by atoms with Crippen molar-refractivity contribution in [2.45, 2.75) is 52.9 Å². The molecule has 1 aromatic carbocycles. The van der Waals surface area contributed by atoms with Gasteiger partial charge in [0.1, 0.15) is 0 Å². The molecule has 148 valence electrons. The van der Waals surface area contributed by atoms with Crippen LogP contribution in [0.4, 0.5) is 0 Å². The number of hydrogen-bond acceptors (Lipinski definition) is 4. The van der Waals surface area contributed by atoms with Crippen molar-refractivity contribution in [2.75, 3.05) is 0 Å². The van der Waals surface area contributed by atoms with E-state index < -0.39 is 5.41 Å². The summed E-state index contributed by atoms with van der Waals surface area (Å²) in [5, 5.41) is 30.0. The summed E-state index contributed by atoms with van der Waals surface area (Å²) < 4.78 is 0. The minimum atomic E-state index is -1.54. The Morgan fingerprint density at radius 3 is 2.21 bits per heavy atom. The van der Waals surface area contributed by atoms with Crippen LogP contribution in [0, 0.1) is 56.7 Å². The van der Waals surface area contributed by atoms with Gasteiger partial charge >= 0.3 is 0 Å². The van der Waals surface area contributed by atoms with Gasteiger partial charge in [-0.25, -0.2) is 0 Å². The maximum atomic E-state index is 10.0. The van der Waals surface area contributed by atoms with Gasteiger partial charge in [-0.15, -0.1) is 0 Å². The summed E-state index contributed by atoms with van der Waals surface area (Å²) in [6, 6.07) is 14.9. The maximum Gasteiger partial charge on any atom is 0.204 e. The van der Waals surface area contributed by atoms with Gasteiger partial charge in [-0.2, -0.15) is 15.8 Å². The van der Waals surface area contributed by atoms with E-state index in [4.69, 9.17) is 5.73 Å². The van der Waals surface area contributed by atoms with Gasteiger partial charge in [0.15, 0.2) is 0 Å². The standard InChI is InChI=1S/C25H28N4/c1-5-16-6-8-17(9-7-16)22-19-12-18(24(2,3)4)10-11-21(19)25(14-27,15-28)23(29)20(22)13-26/h6-9,11,18-19,22H,5,10,12,29H2,1-4H3/t18-,19+,22-/m1/s1. The highest BCUT2D eigenvalue weighted by Gasteiger charge is 2.53. The predicted molar refractivity (Wildman–Crippen MR) is 113 cm³/mol. The molecule has 1 aromatic rings. The highest BCUT2D eigenvalue weighted by atomic mass is 14.7. The second-order valence-corrected chi connectivity index (χ2v) is 9.29. The first-order valence-electron chi connectivity index (χ1n) is 10.3. The molecule has 0 saturated carbocycles. The Labute approximate surface area is 173 Å². The average molecular weight is 385 g/mol. The zero-order chi connectivity index (χ0) is 21.4. The number of nitrogens with zero attached hydrogens (tertiary/aromatic N) is 3. The van der Waals surface area contributed by atoms with Crippen molar-refractivity contribution in [1.82, 2.24) is 0 Å². The minimum absolute atomic E-state index is 0.0818. The number of aryl methyl sites for hydroxylation is 1. The Morgan fingerprint density at radius 1 is 1.10 bits per heavy atom. The predicted octanol–water partition coefficient (Wildman–Crippen LogP) is 5.11. The Balaban J connectivity index is 2.25. The van der Waals surface area contributed by atoms with Crippen molar-refractivity contribution in [2.24, 2.45) is 28.4 Å². The number of rotatable bonds is 2. The lowest BCUT2D eigenvalue weighted by Gasteiger charge is -2.46. The lowest BCUT2D eigenvalue weighted by Crippen LogP contribution is -2.43. The van der Waals surface area contributed by atoms with Crippen LogP contribution < -0.4 is 5.73 Å². The van der Waals surface area contributed by atoms with Crippen LogP contribution in [0.3, 0.4) is 0 Å². The Morgan fingerprint density at radius 2 is 1.72 bits per heavy atom. The quantitative estimate of drug-likeness (QED) is 0.716. The lowest BCUT2D eigenvalue weighted by molar-refractivity contribution is 0.180. The normalized spacial score (nSPS) is 25.8. The highest BCUT2D eigenvalue weighted by Crippen LogP contribution is 2.57. The molecule has 0 aliphatic heterocycles. The zero-order valence-electron chi connectivity index (χ0n) is 17.7. The molecular formula is C25H28N4. The van der Waals surface area contributed by atoms with E-state index in [-0.39, 0.29) is 22.9 Å². The van der Waals surface area contributed by atoms with Crippen LogP contribution in [0.25, 0.3) is 0 Å². The third-order valence-electron chi connectivity index (χ3n) is 6.83. The molecule has 0 saturated heterocycles. The number of allylic oxidation sites excluding steroid dienone is 3. The number of hydrogen-bond donors (Lipinski definition) is 1. The molecule has 29 heavy (non-hydrogen) atoms. The van der Waals surface area contributed by atoms with E-state index in [1.54, 1.807) is 0 Å². The van der Waals surface area contributed by atoms with Crippen molar-refractivity contribution in [3.8, 4) is 18.2 Å². The molecule has 0 fully saturated rings. The monoisotopic (exact) mass is 384 g/mol. The molecule has 3 atom stereocenters. The van der Waals surface area contributed by atoms with Gasteiger partial charge in [-0.3, -0.25) is 0 Å². The SMILES string of the molecule is CCc1ccc([C@H]2C(C#N)=C(N)C(C#N)(C#N)C3=CC[C@@H](C(C)(C)C)C[C@@H]32)cc1. The smallest absolute Gasteiger partial charge is 0.204 e. The summed E-state index contributed by atoms with van der Waals surface area (Å²) in [5.41, 5.74) is 8.44. The molecule has 0 amide bonds. The number of fused-ring (bicyclic) bond motifs is 1. The van der Waals surface area contributed by atoms with Crippen LogP contribution in [-0.2, 0) is 6.42 Å². The van der Waals surface area contributed by atoms with Gasteiger partial charge in [0.2, 0.25) is 5.41 Å². The van der Waals surface area contributed by atoms with Gasteiger partial charge in [0, 0.05) is 5.92 Å². The summed E-state index contributed by atoms with van der Waals surface area (Å²) in [5.74, 6) is 0.0989. The fourth-order valence-corrected chi connectivity index (χ4v) is 4.89. The second kappa shape index (κ2) is 7.42. The molecule has 3 rings (SSSR count). The van der Waals surface area contributed by atoms with Crippen LogP contribution in [0.2, 0.25) is 0 Å². The molecular weight excluding hydrogens is 356 g/mol. The molecule has 2 aliphatic carbocycles. The summed E-state index contributed by atoms with van der Waals surface area (Å²) in [7, 11) is 0. The van der Waals surface area contributed by atoms with E-state index in [0.717, 1.165) is 30.4 Å². The largest absolute Gasteiger partial charge is 0.399 e. The molecule has 0 aromatic heterocycles. The Kier molecular flexibility index (Phi) is 5.30. The van der Waals surface area contributed by atoms with Crippen molar-refractivity contribution in [3.05, 3.63) is 58.3 Å². The van der Waals surface area contributed by atoms with Gasteiger partial charge in [-0.05, 0) is 53.2 Å². The number of nitriles is 3. The molecule has 0 unspecified atom stereocenters.